The first-order valence-electron chi connectivity index (χ1n) is 5.93. The normalized spacial score (nSPS) is 10.8. The molecule has 5 heteroatoms. The Morgan fingerprint density at radius 3 is 2.72 bits per heavy atom. The molecule has 0 aromatic heterocycles. The van der Waals surface area contributed by atoms with Crippen LogP contribution < -0.4 is 5.73 Å². The monoisotopic (exact) mass is 251 g/mol. The van der Waals surface area contributed by atoms with E-state index in [4.69, 9.17) is 21.0 Å². The van der Waals surface area contributed by atoms with Crippen LogP contribution in [0, 0.1) is 5.41 Å². The van der Waals surface area contributed by atoms with Crippen LogP contribution in [0.3, 0.4) is 0 Å². The molecule has 0 heterocycles. The summed E-state index contributed by atoms with van der Waals surface area (Å²) in [6.45, 7) is 2.69. The Morgan fingerprint density at radius 2 is 2.11 bits per heavy atom. The first-order valence-corrected chi connectivity index (χ1v) is 5.93. The number of nitrogens with two attached hydrogens (primary N) is 1. The van der Waals surface area contributed by atoms with Crippen molar-refractivity contribution in [2.24, 2.45) is 5.73 Å². The summed E-state index contributed by atoms with van der Waals surface area (Å²) in [7, 11) is 1.65. The maximum absolute atomic E-state index is 9.04. The molecule has 0 saturated carbocycles. The van der Waals surface area contributed by atoms with Gasteiger partial charge in [-0.1, -0.05) is 24.3 Å². The van der Waals surface area contributed by atoms with Crippen molar-refractivity contribution in [3.8, 4) is 0 Å². The minimum atomic E-state index is 0.0706. The number of aliphatic hydroxyl groups is 1. The van der Waals surface area contributed by atoms with E-state index in [1.54, 1.807) is 7.11 Å². The SMILES string of the molecule is COCCN(CCO)Cc1ccccc1C(=N)N. The van der Waals surface area contributed by atoms with Crippen LogP contribution in [-0.4, -0.2) is 49.3 Å². The van der Waals surface area contributed by atoms with Gasteiger partial charge < -0.3 is 15.6 Å². The first kappa shape index (κ1) is 14.6. The van der Waals surface area contributed by atoms with Crippen LogP contribution in [0.4, 0.5) is 0 Å². The number of hydrogen-bond donors (Lipinski definition) is 3. The number of rotatable bonds is 8. The summed E-state index contributed by atoms with van der Waals surface area (Å²) >= 11 is 0. The van der Waals surface area contributed by atoms with Crippen molar-refractivity contribution in [3.63, 3.8) is 0 Å². The van der Waals surface area contributed by atoms with Gasteiger partial charge in [-0.05, 0) is 5.56 Å². The number of aliphatic hydroxyl groups excluding tert-OH is 1. The lowest BCUT2D eigenvalue weighted by Gasteiger charge is -2.22. The number of nitrogen functional groups attached to an aromatic ring is 1. The summed E-state index contributed by atoms with van der Waals surface area (Å²) in [6.07, 6.45) is 0. The first-order chi connectivity index (χ1) is 8.69. The molecule has 0 fully saturated rings. The van der Waals surface area contributed by atoms with Gasteiger partial charge in [0.15, 0.2) is 0 Å². The van der Waals surface area contributed by atoms with Crippen molar-refractivity contribution in [1.29, 1.82) is 5.41 Å². The quantitative estimate of drug-likeness (QED) is 0.462. The molecule has 0 atom stereocenters. The molecule has 0 spiro atoms. The molecule has 0 aliphatic carbocycles. The average Bonchev–Trinajstić information content (AvgIpc) is 2.36. The molecule has 18 heavy (non-hydrogen) atoms. The Balaban J connectivity index is 2.76. The van der Waals surface area contributed by atoms with Crippen molar-refractivity contribution in [1.82, 2.24) is 4.90 Å². The Labute approximate surface area is 108 Å². The van der Waals surface area contributed by atoms with Gasteiger partial charge in [0.2, 0.25) is 0 Å². The molecule has 0 unspecified atom stereocenters. The third-order valence-corrected chi connectivity index (χ3v) is 2.73. The number of nitrogens with one attached hydrogen (secondary N) is 1. The fraction of sp³-hybridized carbons (Fsp3) is 0.462. The molecule has 0 radical (unpaired) electrons. The van der Waals surface area contributed by atoms with Gasteiger partial charge in [0, 0.05) is 32.3 Å². The third-order valence-electron chi connectivity index (χ3n) is 2.73. The maximum Gasteiger partial charge on any atom is 0.123 e. The highest BCUT2D eigenvalue weighted by Crippen LogP contribution is 2.11. The fourth-order valence-electron chi connectivity index (χ4n) is 1.79. The molecular formula is C13H21N3O2. The molecule has 0 aliphatic heterocycles. The number of nitrogens with zero attached hydrogens (tertiary/aromatic N) is 1. The van der Waals surface area contributed by atoms with Gasteiger partial charge in [-0.3, -0.25) is 10.3 Å². The molecule has 100 valence electrons. The number of benzene rings is 1. The van der Waals surface area contributed by atoms with Gasteiger partial charge in [-0.2, -0.15) is 0 Å². The second kappa shape index (κ2) is 7.81. The van der Waals surface area contributed by atoms with Crippen LogP contribution in [0.2, 0.25) is 0 Å². The topological polar surface area (TPSA) is 82.6 Å². The van der Waals surface area contributed by atoms with Crippen LogP contribution in [0.25, 0.3) is 0 Å². The second-order valence-electron chi connectivity index (χ2n) is 4.06. The third kappa shape index (κ3) is 4.44. The average molecular weight is 251 g/mol. The molecule has 1 aromatic carbocycles. The van der Waals surface area contributed by atoms with Crippen molar-refractivity contribution in [2.45, 2.75) is 6.54 Å². The summed E-state index contributed by atoms with van der Waals surface area (Å²) in [5, 5.41) is 16.6. The number of methoxy groups -OCH3 is 1. The fourth-order valence-corrected chi connectivity index (χ4v) is 1.79. The van der Waals surface area contributed by atoms with Crippen molar-refractivity contribution < 1.29 is 9.84 Å². The van der Waals surface area contributed by atoms with E-state index >= 15 is 0 Å². The molecule has 4 N–H and O–H groups in total. The molecule has 1 rings (SSSR count). The Bertz CT molecular complexity index is 382. The number of ether oxygens (including phenoxy) is 1. The van der Waals surface area contributed by atoms with Crippen molar-refractivity contribution >= 4 is 5.84 Å². The highest BCUT2D eigenvalue weighted by atomic mass is 16.5. The Morgan fingerprint density at radius 1 is 1.39 bits per heavy atom. The van der Waals surface area contributed by atoms with Crippen LogP contribution >= 0.6 is 0 Å². The molecular weight excluding hydrogens is 230 g/mol. The minimum Gasteiger partial charge on any atom is -0.395 e. The zero-order valence-corrected chi connectivity index (χ0v) is 10.7. The van der Waals surface area contributed by atoms with Crippen molar-refractivity contribution in [2.75, 3.05) is 33.4 Å². The van der Waals surface area contributed by atoms with E-state index in [2.05, 4.69) is 4.90 Å². The summed E-state index contributed by atoms with van der Waals surface area (Å²) in [4.78, 5) is 2.07. The van der Waals surface area contributed by atoms with Crippen LogP contribution in [0.1, 0.15) is 11.1 Å². The van der Waals surface area contributed by atoms with Gasteiger partial charge in [0.25, 0.3) is 0 Å². The Kier molecular flexibility index (Phi) is 6.35. The molecule has 0 saturated heterocycles. The Hall–Kier alpha value is -1.43. The summed E-state index contributed by atoms with van der Waals surface area (Å²) < 4.78 is 5.04. The minimum absolute atomic E-state index is 0.0706. The predicted octanol–water partition coefficient (Wildman–Crippen LogP) is 0.411. The van der Waals surface area contributed by atoms with Crippen LogP contribution in [0.15, 0.2) is 24.3 Å². The van der Waals surface area contributed by atoms with E-state index < -0.39 is 0 Å². The summed E-state index contributed by atoms with van der Waals surface area (Å²) in [5.41, 5.74) is 7.30. The lowest BCUT2D eigenvalue weighted by molar-refractivity contribution is 0.127. The van der Waals surface area contributed by atoms with Crippen LogP contribution in [-0.2, 0) is 11.3 Å². The van der Waals surface area contributed by atoms with Crippen LogP contribution in [0.5, 0.6) is 0 Å². The molecule has 0 amide bonds. The lowest BCUT2D eigenvalue weighted by atomic mass is 10.1. The lowest BCUT2D eigenvalue weighted by Crippen LogP contribution is -2.30. The standard InChI is InChI=1S/C13H21N3O2/c1-18-9-7-16(6-8-17)10-11-4-2-3-5-12(11)13(14)15/h2-5,17H,6-10H2,1H3,(H3,14,15). The molecule has 0 aliphatic rings. The van der Waals surface area contributed by atoms with E-state index in [-0.39, 0.29) is 12.4 Å². The zero-order valence-electron chi connectivity index (χ0n) is 10.7. The van der Waals surface area contributed by atoms with Gasteiger partial charge in [0.1, 0.15) is 5.84 Å². The molecule has 5 nitrogen and oxygen atoms in total. The van der Waals surface area contributed by atoms with E-state index in [0.29, 0.717) is 19.7 Å². The molecule has 0 bridgehead atoms. The van der Waals surface area contributed by atoms with E-state index in [1.165, 1.54) is 0 Å². The largest absolute Gasteiger partial charge is 0.395 e. The predicted molar refractivity (Wildman–Crippen MR) is 71.7 cm³/mol. The van der Waals surface area contributed by atoms with E-state index in [1.807, 2.05) is 24.3 Å². The van der Waals surface area contributed by atoms with Gasteiger partial charge in [-0.25, -0.2) is 0 Å². The highest BCUT2D eigenvalue weighted by Gasteiger charge is 2.09. The second-order valence-corrected chi connectivity index (χ2v) is 4.06. The summed E-state index contributed by atoms with van der Waals surface area (Å²) in [6, 6.07) is 7.58. The maximum atomic E-state index is 9.04. The van der Waals surface area contributed by atoms with Gasteiger partial charge in [0.05, 0.1) is 13.2 Å². The summed E-state index contributed by atoms with van der Waals surface area (Å²) in [5.74, 6) is 0.0706. The number of amidine groups is 1. The smallest absolute Gasteiger partial charge is 0.123 e. The van der Waals surface area contributed by atoms with E-state index in [0.717, 1.165) is 17.7 Å². The van der Waals surface area contributed by atoms with Crippen molar-refractivity contribution in [3.05, 3.63) is 35.4 Å². The van der Waals surface area contributed by atoms with E-state index in [9.17, 15) is 0 Å². The van der Waals surface area contributed by atoms with Gasteiger partial charge >= 0.3 is 0 Å². The zero-order chi connectivity index (χ0) is 13.4. The van der Waals surface area contributed by atoms with Gasteiger partial charge in [-0.15, -0.1) is 0 Å². The molecule has 1 aromatic rings. The highest BCUT2D eigenvalue weighted by molar-refractivity contribution is 5.96. The number of hydrogen-bond acceptors (Lipinski definition) is 4.